The van der Waals surface area contributed by atoms with Crippen molar-refractivity contribution in [2.75, 3.05) is 24.3 Å². The summed E-state index contributed by atoms with van der Waals surface area (Å²) in [5, 5.41) is 10.6. The van der Waals surface area contributed by atoms with Gasteiger partial charge in [-0.1, -0.05) is 23.3 Å². The van der Waals surface area contributed by atoms with Crippen LogP contribution >= 0.6 is 11.8 Å². The SMILES string of the molecule is CCOc1ccc(-c2nnc(NC(=O)CCCSc3ccccc3)o2)cc1OCC. The molecule has 158 valence electrons. The molecule has 1 aromatic heterocycles. The smallest absolute Gasteiger partial charge is 0.322 e. The lowest BCUT2D eigenvalue weighted by atomic mass is 10.2. The summed E-state index contributed by atoms with van der Waals surface area (Å²) in [5.41, 5.74) is 0.689. The molecule has 0 spiro atoms. The Morgan fingerprint density at radius 2 is 1.80 bits per heavy atom. The molecular formula is C22H25N3O4S. The van der Waals surface area contributed by atoms with Crippen molar-refractivity contribution in [1.29, 1.82) is 0 Å². The number of nitrogens with zero attached hydrogens (tertiary/aromatic N) is 2. The van der Waals surface area contributed by atoms with Gasteiger partial charge in [0.25, 0.3) is 0 Å². The zero-order valence-electron chi connectivity index (χ0n) is 17.1. The van der Waals surface area contributed by atoms with Crippen LogP contribution in [0.2, 0.25) is 0 Å². The number of hydrogen-bond donors (Lipinski definition) is 1. The van der Waals surface area contributed by atoms with Crippen molar-refractivity contribution in [2.24, 2.45) is 0 Å². The molecule has 0 saturated heterocycles. The van der Waals surface area contributed by atoms with Gasteiger partial charge < -0.3 is 13.9 Å². The first-order valence-corrected chi connectivity index (χ1v) is 10.9. The predicted octanol–water partition coefficient (Wildman–Crippen LogP) is 5.05. The molecule has 0 aliphatic rings. The largest absolute Gasteiger partial charge is 0.490 e. The third-order valence-corrected chi connectivity index (χ3v) is 5.12. The van der Waals surface area contributed by atoms with E-state index in [-0.39, 0.29) is 11.9 Å². The Balaban J connectivity index is 1.53. The number of nitrogens with one attached hydrogen (secondary N) is 1. The minimum Gasteiger partial charge on any atom is -0.490 e. The zero-order chi connectivity index (χ0) is 21.2. The molecule has 0 radical (unpaired) electrons. The van der Waals surface area contributed by atoms with Crippen molar-refractivity contribution in [3.8, 4) is 23.0 Å². The monoisotopic (exact) mass is 427 g/mol. The summed E-state index contributed by atoms with van der Waals surface area (Å²) in [6.07, 6.45) is 1.14. The lowest BCUT2D eigenvalue weighted by Gasteiger charge is -2.11. The molecule has 0 bridgehead atoms. The normalized spacial score (nSPS) is 10.6. The summed E-state index contributed by atoms with van der Waals surface area (Å²) in [6.45, 7) is 4.87. The molecule has 7 nitrogen and oxygen atoms in total. The molecule has 0 saturated carbocycles. The first kappa shape index (κ1) is 21.7. The number of benzene rings is 2. The molecule has 0 fully saturated rings. The minimum absolute atomic E-state index is 0.0811. The lowest BCUT2D eigenvalue weighted by Crippen LogP contribution is -2.11. The second-order valence-corrected chi connectivity index (χ2v) is 7.42. The molecule has 1 amide bonds. The number of carbonyl (C=O) groups excluding carboxylic acids is 1. The van der Waals surface area contributed by atoms with Crippen LogP contribution in [0.4, 0.5) is 6.01 Å². The van der Waals surface area contributed by atoms with Gasteiger partial charge in [-0.2, -0.15) is 0 Å². The fraction of sp³-hybridized carbons (Fsp3) is 0.318. The Kier molecular flexibility index (Phi) is 8.14. The summed E-state index contributed by atoms with van der Waals surface area (Å²) in [4.78, 5) is 13.3. The van der Waals surface area contributed by atoms with E-state index in [2.05, 4.69) is 27.6 Å². The van der Waals surface area contributed by atoms with Gasteiger partial charge in [-0.15, -0.1) is 16.9 Å². The van der Waals surface area contributed by atoms with E-state index in [9.17, 15) is 4.79 Å². The fourth-order valence-corrected chi connectivity index (χ4v) is 3.57. The third-order valence-electron chi connectivity index (χ3n) is 4.02. The number of anilines is 1. The average Bonchev–Trinajstić information content (AvgIpc) is 3.22. The van der Waals surface area contributed by atoms with Crippen LogP contribution in [-0.2, 0) is 4.79 Å². The van der Waals surface area contributed by atoms with E-state index in [4.69, 9.17) is 13.9 Å². The van der Waals surface area contributed by atoms with Crippen molar-refractivity contribution in [1.82, 2.24) is 10.2 Å². The van der Waals surface area contributed by atoms with Crippen LogP contribution in [0.5, 0.6) is 11.5 Å². The maximum absolute atomic E-state index is 12.1. The molecule has 0 atom stereocenters. The van der Waals surface area contributed by atoms with E-state index in [1.54, 1.807) is 23.9 Å². The number of ether oxygens (including phenoxy) is 2. The molecule has 8 heteroatoms. The first-order chi connectivity index (χ1) is 14.7. The highest BCUT2D eigenvalue weighted by Crippen LogP contribution is 2.32. The minimum atomic E-state index is -0.152. The van der Waals surface area contributed by atoms with Gasteiger partial charge in [-0.05, 0) is 56.4 Å². The van der Waals surface area contributed by atoms with Gasteiger partial charge in [0.05, 0.1) is 13.2 Å². The maximum Gasteiger partial charge on any atom is 0.322 e. The highest BCUT2D eigenvalue weighted by molar-refractivity contribution is 7.99. The van der Waals surface area contributed by atoms with Crippen molar-refractivity contribution >= 4 is 23.7 Å². The first-order valence-electron chi connectivity index (χ1n) is 9.90. The summed E-state index contributed by atoms with van der Waals surface area (Å²) in [7, 11) is 0. The van der Waals surface area contributed by atoms with Gasteiger partial charge in [0.1, 0.15) is 0 Å². The quantitative estimate of drug-likeness (QED) is 0.339. The summed E-state index contributed by atoms with van der Waals surface area (Å²) in [6, 6.07) is 15.6. The zero-order valence-corrected chi connectivity index (χ0v) is 17.9. The van der Waals surface area contributed by atoms with Crippen LogP contribution < -0.4 is 14.8 Å². The van der Waals surface area contributed by atoms with E-state index in [0.717, 1.165) is 12.2 Å². The molecule has 0 aliphatic heterocycles. The van der Waals surface area contributed by atoms with Crippen LogP contribution in [-0.4, -0.2) is 35.1 Å². The van der Waals surface area contributed by atoms with Crippen molar-refractivity contribution in [3.05, 3.63) is 48.5 Å². The molecule has 0 aliphatic carbocycles. The standard InChI is InChI=1S/C22H25N3O4S/c1-3-27-18-13-12-16(15-19(18)28-4-2)21-24-25-22(29-21)23-20(26)11-8-14-30-17-9-6-5-7-10-17/h5-7,9-10,12-13,15H,3-4,8,11,14H2,1-2H3,(H,23,25,26). The van der Waals surface area contributed by atoms with Crippen LogP contribution in [0.3, 0.4) is 0 Å². The Morgan fingerprint density at radius 1 is 1.03 bits per heavy atom. The Hall–Kier alpha value is -3.00. The number of rotatable bonds is 11. The molecule has 0 unspecified atom stereocenters. The van der Waals surface area contributed by atoms with Gasteiger partial charge in [0.15, 0.2) is 11.5 Å². The van der Waals surface area contributed by atoms with Crippen LogP contribution in [0.1, 0.15) is 26.7 Å². The molecule has 1 N–H and O–H groups in total. The molecule has 1 heterocycles. The second-order valence-electron chi connectivity index (χ2n) is 6.25. The van der Waals surface area contributed by atoms with Crippen LogP contribution in [0, 0.1) is 0 Å². The van der Waals surface area contributed by atoms with E-state index >= 15 is 0 Å². The highest BCUT2D eigenvalue weighted by Gasteiger charge is 2.14. The molecule has 3 aromatic rings. The lowest BCUT2D eigenvalue weighted by molar-refractivity contribution is -0.116. The number of hydrogen-bond acceptors (Lipinski definition) is 7. The maximum atomic E-state index is 12.1. The predicted molar refractivity (Wildman–Crippen MR) is 117 cm³/mol. The van der Waals surface area contributed by atoms with E-state index in [1.165, 1.54) is 4.90 Å². The van der Waals surface area contributed by atoms with Crippen LogP contribution in [0.25, 0.3) is 11.5 Å². The van der Waals surface area contributed by atoms with Crippen molar-refractivity contribution in [2.45, 2.75) is 31.6 Å². The summed E-state index contributed by atoms with van der Waals surface area (Å²) in [5.74, 6) is 2.27. The summed E-state index contributed by atoms with van der Waals surface area (Å²) >= 11 is 1.73. The Labute approximate surface area is 180 Å². The van der Waals surface area contributed by atoms with Crippen molar-refractivity contribution in [3.63, 3.8) is 0 Å². The average molecular weight is 428 g/mol. The Bertz CT molecular complexity index is 947. The van der Waals surface area contributed by atoms with Gasteiger partial charge in [0.2, 0.25) is 11.8 Å². The van der Waals surface area contributed by atoms with E-state index < -0.39 is 0 Å². The van der Waals surface area contributed by atoms with Gasteiger partial charge >= 0.3 is 6.01 Å². The number of thioether (sulfide) groups is 1. The second kappa shape index (κ2) is 11.3. The molecule has 2 aromatic carbocycles. The van der Waals surface area contributed by atoms with Crippen LogP contribution in [0.15, 0.2) is 57.8 Å². The summed E-state index contributed by atoms with van der Waals surface area (Å²) < 4.78 is 16.8. The van der Waals surface area contributed by atoms with Gasteiger partial charge in [-0.25, -0.2) is 0 Å². The molecule has 3 rings (SSSR count). The highest BCUT2D eigenvalue weighted by atomic mass is 32.2. The third kappa shape index (κ3) is 6.25. The molecular weight excluding hydrogens is 402 g/mol. The Morgan fingerprint density at radius 3 is 2.57 bits per heavy atom. The van der Waals surface area contributed by atoms with E-state index in [0.29, 0.717) is 42.6 Å². The van der Waals surface area contributed by atoms with E-state index in [1.807, 2.05) is 38.1 Å². The number of aromatic nitrogens is 2. The fourth-order valence-electron chi connectivity index (χ4n) is 2.70. The van der Waals surface area contributed by atoms with Crippen molar-refractivity contribution < 1.29 is 18.7 Å². The number of amides is 1. The molecule has 30 heavy (non-hydrogen) atoms. The number of carbonyl (C=O) groups is 1. The van der Waals surface area contributed by atoms with Gasteiger partial charge in [0, 0.05) is 16.9 Å². The topological polar surface area (TPSA) is 86.5 Å². The van der Waals surface area contributed by atoms with Gasteiger partial charge in [-0.3, -0.25) is 10.1 Å².